The fourth-order valence-corrected chi connectivity index (χ4v) is 1.56. The van der Waals surface area contributed by atoms with Gasteiger partial charge in [-0.1, -0.05) is 42.5 Å². The number of benzene rings is 1. The summed E-state index contributed by atoms with van der Waals surface area (Å²) in [6, 6.07) is 10.5. The van der Waals surface area contributed by atoms with E-state index in [0.717, 1.165) is 6.61 Å². The maximum absolute atomic E-state index is 5.56. The van der Waals surface area contributed by atoms with Crippen molar-refractivity contribution in [2.24, 2.45) is 0 Å². The lowest BCUT2D eigenvalue weighted by Crippen LogP contribution is -2.16. The van der Waals surface area contributed by atoms with Gasteiger partial charge in [0.05, 0.1) is 12.7 Å². The fourth-order valence-electron chi connectivity index (χ4n) is 1.56. The van der Waals surface area contributed by atoms with Gasteiger partial charge in [-0.3, -0.25) is 0 Å². The Hall–Kier alpha value is -1.08. The lowest BCUT2D eigenvalue weighted by Gasteiger charge is -2.21. The molecule has 1 heterocycles. The number of hydrogen-bond acceptors (Lipinski definition) is 1. The molecule has 0 N–H and O–H groups in total. The van der Waals surface area contributed by atoms with Crippen molar-refractivity contribution in [3.05, 3.63) is 48.0 Å². The van der Waals surface area contributed by atoms with Gasteiger partial charge in [0.15, 0.2) is 0 Å². The molecule has 0 spiro atoms. The fraction of sp³-hybridized carbons (Fsp3) is 0.333. The van der Waals surface area contributed by atoms with Crippen molar-refractivity contribution >= 4 is 0 Å². The van der Waals surface area contributed by atoms with Gasteiger partial charge < -0.3 is 4.74 Å². The van der Waals surface area contributed by atoms with E-state index in [1.165, 1.54) is 5.56 Å². The molecule has 0 aromatic heterocycles. The summed E-state index contributed by atoms with van der Waals surface area (Å²) < 4.78 is 5.56. The minimum Gasteiger partial charge on any atom is -0.373 e. The second-order valence-corrected chi connectivity index (χ2v) is 3.44. The molecule has 2 unspecified atom stereocenters. The van der Waals surface area contributed by atoms with Crippen LogP contribution in [0.2, 0.25) is 0 Å². The van der Waals surface area contributed by atoms with Gasteiger partial charge in [0, 0.05) is 5.92 Å². The Morgan fingerprint density at radius 3 is 2.54 bits per heavy atom. The van der Waals surface area contributed by atoms with Crippen LogP contribution in [0.25, 0.3) is 0 Å². The second kappa shape index (κ2) is 3.75. The van der Waals surface area contributed by atoms with Crippen LogP contribution in [-0.4, -0.2) is 12.7 Å². The third kappa shape index (κ3) is 1.99. The zero-order valence-corrected chi connectivity index (χ0v) is 7.81. The summed E-state index contributed by atoms with van der Waals surface area (Å²) in [5.74, 6) is 0.442. The van der Waals surface area contributed by atoms with Gasteiger partial charge in [-0.15, -0.1) is 0 Å². The largest absolute Gasteiger partial charge is 0.373 e. The minimum absolute atomic E-state index is 0.278. The molecule has 1 heteroatoms. The van der Waals surface area contributed by atoms with Crippen LogP contribution >= 0.6 is 0 Å². The minimum atomic E-state index is 0.278. The second-order valence-electron chi connectivity index (χ2n) is 3.44. The van der Waals surface area contributed by atoms with E-state index in [0.29, 0.717) is 5.92 Å². The highest BCUT2D eigenvalue weighted by molar-refractivity contribution is 5.25. The first-order chi connectivity index (χ1) is 6.36. The van der Waals surface area contributed by atoms with E-state index < -0.39 is 0 Å². The Kier molecular flexibility index (Phi) is 2.46. The SMILES string of the molecule is CC1C=CC(c2ccccc2)CO1. The lowest BCUT2D eigenvalue weighted by atomic mass is 9.97. The molecular weight excluding hydrogens is 160 g/mol. The first-order valence-corrected chi connectivity index (χ1v) is 4.71. The third-order valence-electron chi connectivity index (χ3n) is 2.38. The van der Waals surface area contributed by atoms with Crippen LogP contribution in [0.3, 0.4) is 0 Å². The van der Waals surface area contributed by atoms with E-state index in [2.05, 4.69) is 43.3 Å². The first kappa shape index (κ1) is 8.52. The molecule has 0 aliphatic carbocycles. The van der Waals surface area contributed by atoms with Crippen LogP contribution in [0, 0.1) is 0 Å². The molecule has 68 valence electrons. The van der Waals surface area contributed by atoms with E-state index >= 15 is 0 Å². The normalized spacial score (nSPS) is 27.5. The van der Waals surface area contributed by atoms with E-state index in [-0.39, 0.29) is 6.10 Å². The zero-order chi connectivity index (χ0) is 9.10. The van der Waals surface area contributed by atoms with Crippen molar-refractivity contribution < 1.29 is 4.74 Å². The van der Waals surface area contributed by atoms with Crippen LogP contribution < -0.4 is 0 Å². The molecule has 2 rings (SSSR count). The summed E-state index contributed by atoms with van der Waals surface area (Å²) in [7, 11) is 0. The predicted molar refractivity (Wildman–Crippen MR) is 53.7 cm³/mol. The van der Waals surface area contributed by atoms with Gasteiger partial charge in [0.25, 0.3) is 0 Å². The molecule has 2 atom stereocenters. The van der Waals surface area contributed by atoms with Gasteiger partial charge in [0.1, 0.15) is 0 Å². The summed E-state index contributed by atoms with van der Waals surface area (Å²) in [4.78, 5) is 0. The highest BCUT2D eigenvalue weighted by Gasteiger charge is 2.13. The molecule has 13 heavy (non-hydrogen) atoms. The molecule has 1 aliphatic heterocycles. The molecule has 0 saturated heterocycles. The zero-order valence-electron chi connectivity index (χ0n) is 7.81. The Morgan fingerprint density at radius 2 is 1.92 bits per heavy atom. The Balaban J connectivity index is 2.15. The van der Waals surface area contributed by atoms with Gasteiger partial charge >= 0.3 is 0 Å². The van der Waals surface area contributed by atoms with E-state index in [9.17, 15) is 0 Å². The maximum Gasteiger partial charge on any atom is 0.0728 e. The van der Waals surface area contributed by atoms with Gasteiger partial charge in [-0.2, -0.15) is 0 Å². The first-order valence-electron chi connectivity index (χ1n) is 4.71. The molecule has 0 bridgehead atoms. The molecule has 0 saturated carbocycles. The van der Waals surface area contributed by atoms with Gasteiger partial charge in [0.2, 0.25) is 0 Å². The number of hydrogen-bond donors (Lipinski definition) is 0. The molecule has 0 radical (unpaired) electrons. The molecule has 0 fully saturated rings. The van der Waals surface area contributed by atoms with E-state index in [1.807, 2.05) is 6.07 Å². The van der Waals surface area contributed by atoms with Gasteiger partial charge in [-0.25, -0.2) is 0 Å². The van der Waals surface area contributed by atoms with E-state index in [4.69, 9.17) is 4.74 Å². The average molecular weight is 174 g/mol. The smallest absolute Gasteiger partial charge is 0.0728 e. The van der Waals surface area contributed by atoms with E-state index in [1.54, 1.807) is 0 Å². The predicted octanol–water partition coefficient (Wildman–Crippen LogP) is 2.75. The van der Waals surface area contributed by atoms with Crippen molar-refractivity contribution in [1.29, 1.82) is 0 Å². The number of ether oxygens (including phenoxy) is 1. The Labute approximate surface area is 79.0 Å². The summed E-state index contributed by atoms with van der Waals surface area (Å²) in [6.07, 6.45) is 4.64. The van der Waals surface area contributed by atoms with Crippen LogP contribution in [-0.2, 0) is 4.74 Å². The summed E-state index contributed by atoms with van der Waals surface area (Å²) >= 11 is 0. The van der Waals surface area contributed by atoms with Crippen LogP contribution in [0.15, 0.2) is 42.5 Å². The molecule has 0 amide bonds. The maximum atomic E-state index is 5.56. The topological polar surface area (TPSA) is 9.23 Å². The van der Waals surface area contributed by atoms with Crippen molar-refractivity contribution in [2.45, 2.75) is 18.9 Å². The molecule has 1 aromatic rings. The quantitative estimate of drug-likeness (QED) is 0.595. The highest BCUT2D eigenvalue weighted by Crippen LogP contribution is 2.21. The molecule has 1 aliphatic rings. The summed E-state index contributed by atoms with van der Waals surface area (Å²) in [5, 5.41) is 0. The lowest BCUT2D eigenvalue weighted by molar-refractivity contribution is 0.0825. The monoisotopic (exact) mass is 174 g/mol. The Morgan fingerprint density at radius 1 is 1.15 bits per heavy atom. The van der Waals surface area contributed by atoms with Crippen LogP contribution in [0.4, 0.5) is 0 Å². The van der Waals surface area contributed by atoms with Gasteiger partial charge in [-0.05, 0) is 12.5 Å². The number of rotatable bonds is 1. The van der Waals surface area contributed by atoms with Crippen LogP contribution in [0.1, 0.15) is 18.4 Å². The molecular formula is C12H14O. The van der Waals surface area contributed by atoms with Crippen molar-refractivity contribution in [2.75, 3.05) is 6.61 Å². The molecule has 1 nitrogen and oxygen atoms in total. The average Bonchev–Trinajstić information content (AvgIpc) is 2.20. The third-order valence-corrected chi connectivity index (χ3v) is 2.38. The summed E-state index contributed by atoms with van der Waals surface area (Å²) in [5.41, 5.74) is 1.34. The Bertz CT molecular complexity index is 289. The molecule has 1 aromatic carbocycles. The highest BCUT2D eigenvalue weighted by atomic mass is 16.5. The van der Waals surface area contributed by atoms with Crippen LogP contribution in [0.5, 0.6) is 0 Å². The summed E-state index contributed by atoms with van der Waals surface area (Å²) in [6.45, 7) is 2.87. The standard InChI is InChI=1S/C12H14O/c1-10-7-8-12(9-13-10)11-5-3-2-4-6-11/h2-8,10,12H,9H2,1H3. The van der Waals surface area contributed by atoms with Crippen molar-refractivity contribution in [3.63, 3.8) is 0 Å². The van der Waals surface area contributed by atoms with Crippen molar-refractivity contribution in [1.82, 2.24) is 0 Å². The van der Waals surface area contributed by atoms with Crippen molar-refractivity contribution in [3.8, 4) is 0 Å².